The molecule has 2 aliphatic rings. The number of alkyl halides is 3. The van der Waals surface area contributed by atoms with Crippen molar-refractivity contribution in [1.29, 1.82) is 0 Å². The monoisotopic (exact) mass is 452 g/mol. The molecule has 1 unspecified atom stereocenters. The first kappa shape index (κ1) is 20.5. The number of anilines is 1. The zero-order valence-corrected chi connectivity index (χ0v) is 18.1. The number of nitrogens with zero attached hydrogens (tertiary/aromatic N) is 6. The van der Waals surface area contributed by atoms with Crippen molar-refractivity contribution in [1.82, 2.24) is 24.0 Å². The summed E-state index contributed by atoms with van der Waals surface area (Å²) in [5, 5.41) is 5.55. The Hall–Kier alpha value is -2.43. The molecule has 4 heterocycles. The first-order valence-corrected chi connectivity index (χ1v) is 11.1. The summed E-state index contributed by atoms with van der Waals surface area (Å²) in [5.41, 5.74) is 1.10. The Bertz CT molecular complexity index is 1080. The van der Waals surface area contributed by atoms with E-state index in [1.807, 2.05) is 6.92 Å². The van der Waals surface area contributed by atoms with Gasteiger partial charge in [0.2, 0.25) is 5.13 Å². The van der Waals surface area contributed by atoms with Gasteiger partial charge in [-0.2, -0.15) is 22.6 Å². The summed E-state index contributed by atoms with van der Waals surface area (Å²) in [6.45, 7) is 4.25. The van der Waals surface area contributed by atoms with Crippen LogP contribution in [0.25, 0.3) is 5.65 Å². The van der Waals surface area contributed by atoms with Gasteiger partial charge in [-0.05, 0) is 56.1 Å². The maximum Gasteiger partial charge on any atom is 0.422 e. The lowest BCUT2D eigenvalue weighted by atomic mass is 9.82. The SMILES string of the molecule is Cc1cc(OCC(F)(F)F)c2nc(CC3[C@@H]4CC[C@H]3CN(c3nc(C)ns3)C4)nn2c1. The summed E-state index contributed by atoms with van der Waals surface area (Å²) >= 11 is 1.45. The van der Waals surface area contributed by atoms with Crippen LogP contribution in [0.3, 0.4) is 0 Å². The van der Waals surface area contributed by atoms with Crippen LogP contribution in [0.2, 0.25) is 0 Å². The van der Waals surface area contributed by atoms with Crippen LogP contribution in [0.5, 0.6) is 5.75 Å². The van der Waals surface area contributed by atoms with E-state index in [0.717, 1.165) is 48.9 Å². The van der Waals surface area contributed by atoms with E-state index < -0.39 is 12.8 Å². The summed E-state index contributed by atoms with van der Waals surface area (Å²) < 4.78 is 48.7. The van der Waals surface area contributed by atoms with E-state index in [2.05, 4.69) is 24.3 Å². The quantitative estimate of drug-likeness (QED) is 0.586. The lowest BCUT2D eigenvalue weighted by molar-refractivity contribution is -0.153. The van der Waals surface area contributed by atoms with Crippen LogP contribution in [0.15, 0.2) is 12.3 Å². The molecule has 3 aromatic heterocycles. The molecule has 0 aromatic carbocycles. The topological polar surface area (TPSA) is 68.4 Å². The fourth-order valence-corrected chi connectivity index (χ4v) is 5.62. The average Bonchev–Trinajstić information content (AvgIpc) is 3.35. The zero-order valence-electron chi connectivity index (χ0n) is 17.3. The van der Waals surface area contributed by atoms with Crippen molar-refractivity contribution >= 4 is 22.3 Å². The summed E-state index contributed by atoms with van der Waals surface area (Å²) in [7, 11) is 0. The molecule has 0 radical (unpaired) electrons. The average molecular weight is 453 g/mol. The minimum Gasteiger partial charge on any atom is -0.480 e. The number of aryl methyl sites for hydroxylation is 2. The van der Waals surface area contributed by atoms with Crippen molar-refractivity contribution in [2.75, 3.05) is 24.6 Å². The van der Waals surface area contributed by atoms with Crippen LogP contribution < -0.4 is 9.64 Å². The second kappa shape index (κ2) is 7.61. The second-order valence-corrected chi connectivity index (χ2v) is 9.31. The van der Waals surface area contributed by atoms with Gasteiger partial charge in [0, 0.05) is 37.2 Å². The van der Waals surface area contributed by atoms with Crippen molar-refractivity contribution in [2.24, 2.45) is 17.8 Å². The molecule has 7 nitrogen and oxygen atoms in total. The number of rotatable bonds is 5. The third-order valence-electron chi connectivity index (χ3n) is 6.21. The van der Waals surface area contributed by atoms with Gasteiger partial charge in [-0.1, -0.05) is 0 Å². The van der Waals surface area contributed by atoms with Crippen LogP contribution in [-0.4, -0.2) is 49.8 Å². The van der Waals surface area contributed by atoms with E-state index in [1.54, 1.807) is 19.2 Å². The van der Waals surface area contributed by atoms with Crippen molar-refractivity contribution in [3.63, 3.8) is 0 Å². The predicted octanol–water partition coefficient (Wildman–Crippen LogP) is 3.84. The molecule has 5 rings (SSSR count). The molecule has 0 spiro atoms. The number of aromatic nitrogens is 5. The Kier molecular flexibility index (Phi) is 5.03. The first-order valence-electron chi connectivity index (χ1n) is 10.4. The number of piperidine rings is 1. The Morgan fingerprint density at radius 2 is 1.90 bits per heavy atom. The third kappa shape index (κ3) is 4.19. The number of pyridine rings is 1. The molecule has 1 aliphatic carbocycles. The standard InChI is InChI=1S/C20H23F3N6OS/c1-11-5-16(30-10-20(21,22)23)18-25-17(26-29(18)7-11)6-15-13-3-4-14(15)9-28(8-13)19-24-12(2)27-31-19/h5,7,13-15H,3-4,6,8-10H2,1-2H3/t13-,14+,15?. The van der Waals surface area contributed by atoms with Gasteiger partial charge in [-0.3, -0.25) is 0 Å². The van der Waals surface area contributed by atoms with Crippen LogP contribution in [0, 0.1) is 31.6 Å². The molecular formula is C20H23F3N6OS. The highest BCUT2D eigenvalue weighted by molar-refractivity contribution is 7.09. The van der Waals surface area contributed by atoms with Gasteiger partial charge < -0.3 is 9.64 Å². The molecule has 166 valence electrons. The molecule has 2 bridgehead atoms. The summed E-state index contributed by atoms with van der Waals surface area (Å²) in [4.78, 5) is 11.4. The van der Waals surface area contributed by atoms with Gasteiger partial charge in [0.15, 0.2) is 23.8 Å². The minimum atomic E-state index is -4.40. The van der Waals surface area contributed by atoms with Crippen LogP contribution in [0.1, 0.15) is 30.1 Å². The molecule has 0 N–H and O–H groups in total. The van der Waals surface area contributed by atoms with Crippen molar-refractivity contribution in [3.05, 3.63) is 29.5 Å². The highest BCUT2D eigenvalue weighted by Crippen LogP contribution is 2.44. The number of fused-ring (bicyclic) bond motifs is 3. The van der Waals surface area contributed by atoms with Gasteiger partial charge in [-0.15, -0.1) is 0 Å². The van der Waals surface area contributed by atoms with Crippen LogP contribution in [-0.2, 0) is 6.42 Å². The van der Waals surface area contributed by atoms with Crippen LogP contribution in [0.4, 0.5) is 18.3 Å². The summed E-state index contributed by atoms with van der Waals surface area (Å²) in [6.07, 6.45) is 0.410. The fourth-order valence-electron chi connectivity index (χ4n) is 4.93. The molecule has 11 heteroatoms. The molecule has 1 aliphatic heterocycles. The first-order chi connectivity index (χ1) is 14.7. The molecule has 0 amide bonds. The molecule has 3 atom stereocenters. The maximum absolute atomic E-state index is 12.6. The van der Waals surface area contributed by atoms with Crippen molar-refractivity contribution < 1.29 is 17.9 Å². The van der Waals surface area contributed by atoms with Gasteiger partial charge in [0.1, 0.15) is 5.82 Å². The highest BCUT2D eigenvalue weighted by atomic mass is 32.1. The van der Waals surface area contributed by atoms with Gasteiger partial charge in [-0.25, -0.2) is 14.5 Å². The normalized spacial score (nSPS) is 23.6. The van der Waals surface area contributed by atoms with E-state index in [9.17, 15) is 13.2 Å². The van der Waals surface area contributed by atoms with Crippen LogP contribution >= 0.6 is 11.5 Å². The largest absolute Gasteiger partial charge is 0.480 e. The zero-order chi connectivity index (χ0) is 21.8. The van der Waals surface area contributed by atoms with E-state index in [1.165, 1.54) is 16.0 Å². The minimum absolute atomic E-state index is 0.112. The molecule has 3 aromatic rings. The Balaban J connectivity index is 1.34. The van der Waals surface area contributed by atoms with Crippen molar-refractivity contribution in [3.8, 4) is 5.75 Å². The van der Waals surface area contributed by atoms with E-state index in [0.29, 0.717) is 29.2 Å². The van der Waals surface area contributed by atoms with E-state index >= 15 is 0 Å². The van der Waals surface area contributed by atoms with E-state index in [4.69, 9.17) is 4.74 Å². The highest BCUT2D eigenvalue weighted by Gasteiger charge is 2.43. The lowest BCUT2D eigenvalue weighted by Gasteiger charge is -2.37. The van der Waals surface area contributed by atoms with Gasteiger partial charge >= 0.3 is 6.18 Å². The molecule has 2 fully saturated rings. The number of halogens is 3. The molecule has 1 saturated carbocycles. The van der Waals surface area contributed by atoms with E-state index in [-0.39, 0.29) is 5.75 Å². The Morgan fingerprint density at radius 1 is 1.16 bits per heavy atom. The summed E-state index contributed by atoms with van der Waals surface area (Å²) in [6, 6.07) is 1.58. The van der Waals surface area contributed by atoms with Gasteiger partial charge in [0.25, 0.3) is 0 Å². The second-order valence-electron chi connectivity index (χ2n) is 8.58. The predicted molar refractivity (Wildman–Crippen MR) is 110 cm³/mol. The molecule has 1 saturated heterocycles. The lowest BCUT2D eigenvalue weighted by Crippen LogP contribution is -2.42. The van der Waals surface area contributed by atoms with Crippen molar-refractivity contribution in [2.45, 2.75) is 39.3 Å². The number of ether oxygens (including phenoxy) is 1. The smallest absolute Gasteiger partial charge is 0.422 e. The Labute approximate surface area is 181 Å². The number of hydrogen-bond acceptors (Lipinski definition) is 7. The molecular weight excluding hydrogens is 429 g/mol. The molecule has 31 heavy (non-hydrogen) atoms. The van der Waals surface area contributed by atoms with Gasteiger partial charge in [0.05, 0.1) is 0 Å². The third-order valence-corrected chi connectivity index (χ3v) is 7.07. The Morgan fingerprint density at radius 3 is 2.55 bits per heavy atom. The number of hydrogen-bond donors (Lipinski definition) is 0. The summed E-state index contributed by atoms with van der Waals surface area (Å²) in [5.74, 6) is 3.09. The maximum atomic E-state index is 12.6. The fraction of sp³-hybridized carbons (Fsp3) is 0.600.